The smallest absolute Gasteiger partial charge is 0.306 e. The Morgan fingerprint density at radius 1 is 0.568 bits per heavy atom. The number of sulfone groups is 1. The van der Waals surface area contributed by atoms with Crippen LogP contribution in [0.25, 0.3) is 0 Å². The van der Waals surface area contributed by atoms with Crippen molar-refractivity contribution in [1.29, 1.82) is 0 Å². The molecular formula is C61H78N4O8S. The number of esters is 1. The number of imide groups is 1. The van der Waals surface area contributed by atoms with E-state index in [2.05, 4.69) is 29.0 Å². The molecule has 2 amide bonds. The quantitative estimate of drug-likeness (QED) is 0.0168. The van der Waals surface area contributed by atoms with Gasteiger partial charge in [0.2, 0.25) is 0 Å². The van der Waals surface area contributed by atoms with Gasteiger partial charge in [-0.05, 0) is 104 Å². The van der Waals surface area contributed by atoms with Crippen molar-refractivity contribution in [3.05, 3.63) is 143 Å². The maximum Gasteiger partial charge on any atom is 0.306 e. The summed E-state index contributed by atoms with van der Waals surface area (Å²) in [4.78, 5) is 42.9. The number of fused-ring (bicyclic) bond motifs is 1. The highest BCUT2D eigenvalue weighted by Gasteiger charge is 2.36. The number of ether oxygens (including phenoxy) is 3. The van der Waals surface area contributed by atoms with E-state index >= 15 is 0 Å². The van der Waals surface area contributed by atoms with E-state index in [0.29, 0.717) is 64.8 Å². The Bertz CT molecular complexity index is 2620. The van der Waals surface area contributed by atoms with Crippen molar-refractivity contribution < 1.29 is 37.0 Å². The molecule has 5 aromatic carbocycles. The Labute approximate surface area is 440 Å². The number of nitrogens with zero attached hydrogens (tertiary/aromatic N) is 4. The molecule has 0 aromatic heterocycles. The number of benzene rings is 5. The molecule has 396 valence electrons. The van der Waals surface area contributed by atoms with Gasteiger partial charge in [-0.2, -0.15) is 10.2 Å². The summed E-state index contributed by atoms with van der Waals surface area (Å²) in [6.07, 6.45) is 20.0. The number of carbonyl (C=O) groups is 3. The van der Waals surface area contributed by atoms with Gasteiger partial charge in [-0.25, -0.2) is 8.42 Å². The number of amides is 2. The lowest BCUT2D eigenvalue weighted by Crippen LogP contribution is -2.29. The zero-order valence-corrected chi connectivity index (χ0v) is 44.9. The van der Waals surface area contributed by atoms with Crippen molar-refractivity contribution in [2.45, 2.75) is 160 Å². The number of carbonyl (C=O) groups excluding carboxylic acids is 3. The average molecular weight is 1030 g/mol. The van der Waals surface area contributed by atoms with E-state index in [9.17, 15) is 22.8 Å². The Kier molecular flexibility index (Phi) is 23.7. The molecule has 0 aliphatic carbocycles. The third-order valence-corrected chi connectivity index (χ3v) is 15.1. The van der Waals surface area contributed by atoms with E-state index in [1.807, 2.05) is 61.6 Å². The minimum Gasteiger partial charge on any atom is -0.493 e. The summed E-state index contributed by atoms with van der Waals surface area (Å²) in [6.45, 7) is 6.24. The molecule has 1 aliphatic heterocycles. The third kappa shape index (κ3) is 18.2. The van der Waals surface area contributed by atoms with Crippen LogP contribution in [0.4, 0.5) is 17.1 Å². The van der Waals surface area contributed by atoms with E-state index < -0.39 is 9.84 Å². The summed E-state index contributed by atoms with van der Waals surface area (Å²) in [6, 6.07) is 34.0. The van der Waals surface area contributed by atoms with Crippen molar-refractivity contribution in [2.24, 2.45) is 10.2 Å². The second kappa shape index (κ2) is 30.8. The predicted molar refractivity (Wildman–Crippen MR) is 295 cm³/mol. The largest absolute Gasteiger partial charge is 0.493 e. The molecule has 0 N–H and O–H groups in total. The van der Waals surface area contributed by atoms with Crippen LogP contribution in [0.15, 0.2) is 130 Å². The van der Waals surface area contributed by atoms with Crippen molar-refractivity contribution in [1.82, 2.24) is 4.90 Å². The number of unbranched alkanes of at least 4 members (excludes halogenated alkanes) is 15. The van der Waals surface area contributed by atoms with Gasteiger partial charge in [0.25, 0.3) is 11.8 Å². The summed E-state index contributed by atoms with van der Waals surface area (Å²) < 4.78 is 46.9. The van der Waals surface area contributed by atoms with Crippen LogP contribution >= 0.6 is 0 Å². The first kappa shape index (κ1) is 56.9. The second-order valence-electron chi connectivity index (χ2n) is 19.5. The van der Waals surface area contributed by atoms with Gasteiger partial charge in [0, 0.05) is 36.8 Å². The minimum absolute atomic E-state index is 0.0471. The molecule has 0 spiro atoms. The van der Waals surface area contributed by atoms with Gasteiger partial charge in [-0.15, -0.1) is 0 Å². The van der Waals surface area contributed by atoms with Crippen LogP contribution in [0.5, 0.6) is 11.5 Å². The lowest BCUT2D eigenvalue weighted by molar-refractivity contribution is -0.145. The van der Waals surface area contributed by atoms with E-state index in [-0.39, 0.29) is 41.6 Å². The number of rotatable bonds is 35. The van der Waals surface area contributed by atoms with Gasteiger partial charge in [-0.3, -0.25) is 19.3 Å². The van der Waals surface area contributed by atoms with Crippen molar-refractivity contribution in [3.8, 4) is 11.5 Å². The molecule has 1 heterocycles. The van der Waals surface area contributed by atoms with Gasteiger partial charge in [-0.1, -0.05) is 146 Å². The summed E-state index contributed by atoms with van der Waals surface area (Å²) in [7, 11) is -1.90. The van der Waals surface area contributed by atoms with Gasteiger partial charge >= 0.3 is 5.97 Å². The minimum atomic E-state index is -3.91. The summed E-state index contributed by atoms with van der Waals surface area (Å²) in [5.74, 6) is -0.489. The Balaban J connectivity index is 1.11. The topological polar surface area (TPSA) is 144 Å². The third-order valence-electron chi connectivity index (χ3n) is 13.4. The van der Waals surface area contributed by atoms with E-state index in [4.69, 9.17) is 14.2 Å². The second-order valence-corrected chi connectivity index (χ2v) is 21.4. The molecule has 0 fully saturated rings. The van der Waals surface area contributed by atoms with Crippen molar-refractivity contribution in [2.75, 3.05) is 31.7 Å². The molecule has 0 saturated heterocycles. The molecule has 0 saturated carbocycles. The van der Waals surface area contributed by atoms with Gasteiger partial charge in [0.15, 0.2) is 9.84 Å². The Morgan fingerprint density at radius 3 is 1.61 bits per heavy atom. The maximum atomic E-state index is 14.3. The van der Waals surface area contributed by atoms with E-state index in [0.717, 1.165) is 69.2 Å². The lowest BCUT2D eigenvalue weighted by atomic mass is 10.1. The molecule has 12 nitrogen and oxygen atoms in total. The van der Waals surface area contributed by atoms with Crippen LogP contribution in [0.2, 0.25) is 0 Å². The fraction of sp³-hybridized carbons (Fsp3) is 0.459. The highest BCUT2D eigenvalue weighted by Crippen LogP contribution is 2.36. The zero-order chi connectivity index (χ0) is 52.4. The van der Waals surface area contributed by atoms with Gasteiger partial charge < -0.3 is 19.1 Å². The first-order valence-electron chi connectivity index (χ1n) is 27.2. The van der Waals surface area contributed by atoms with E-state index in [1.54, 1.807) is 60.7 Å². The Morgan fingerprint density at radius 2 is 1.05 bits per heavy atom. The van der Waals surface area contributed by atoms with E-state index in [1.165, 1.54) is 69.1 Å². The molecule has 0 unspecified atom stereocenters. The van der Waals surface area contributed by atoms with Crippen LogP contribution in [-0.4, -0.2) is 57.9 Å². The standard InChI is InChI=1S/C61H78N4O8S/c1-4-6-8-10-12-14-16-25-41-71-57-44-50(58(72-42-26-17-15-13-11-9-7-5-2)43-49(57)45-65-60(67)55-29-21-22-30-56(55)61(65)68)47-74(69,70)54-38-34-52(35-39-54)63-62-51-32-36-53(37-33-51)64(3)40-24-23-31-59(66)73-46-48-27-19-18-20-28-48/h18-22,27-30,32-39,43-44H,4-17,23-26,31,40-42,45-47H2,1-3H3. The average Bonchev–Trinajstić information content (AvgIpc) is 3.65. The summed E-state index contributed by atoms with van der Waals surface area (Å²) in [5, 5.41) is 8.80. The predicted octanol–water partition coefficient (Wildman–Crippen LogP) is 15.3. The van der Waals surface area contributed by atoms with Crippen LogP contribution in [0.1, 0.15) is 173 Å². The molecule has 0 atom stereocenters. The van der Waals surface area contributed by atoms with Crippen LogP contribution in [-0.2, 0) is 38.3 Å². The maximum absolute atomic E-state index is 14.3. The Hall–Kier alpha value is -6.34. The fourth-order valence-electron chi connectivity index (χ4n) is 8.99. The zero-order valence-electron chi connectivity index (χ0n) is 44.1. The molecule has 5 aromatic rings. The highest BCUT2D eigenvalue weighted by atomic mass is 32.2. The number of hydrogen-bond acceptors (Lipinski definition) is 11. The number of hydrogen-bond donors (Lipinski definition) is 0. The lowest BCUT2D eigenvalue weighted by Gasteiger charge is -2.21. The van der Waals surface area contributed by atoms with Gasteiger partial charge in [0.05, 0.1) is 52.9 Å². The molecule has 1 aliphatic rings. The SMILES string of the molecule is CCCCCCCCCCOc1cc(CS(=O)(=O)c2ccc(N=Nc3ccc(N(C)CCCCC(=O)OCc4ccccc4)cc3)cc2)c(OCCCCCCCCCC)cc1CN1C(=O)c2ccccc2C1=O. The normalized spacial score (nSPS) is 12.4. The molecular weight excluding hydrogens is 949 g/mol. The first-order chi connectivity index (χ1) is 36.1. The molecule has 74 heavy (non-hydrogen) atoms. The molecule has 0 bridgehead atoms. The first-order valence-corrected chi connectivity index (χ1v) is 28.8. The fourth-order valence-corrected chi connectivity index (χ4v) is 10.3. The van der Waals surface area contributed by atoms with Crippen LogP contribution in [0, 0.1) is 0 Å². The van der Waals surface area contributed by atoms with Crippen LogP contribution in [0.3, 0.4) is 0 Å². The monoisotopic (exact) mass is 1030 g/mol. The molecule has 6 rings (SSSR count). The summed E-state index contributed by atoms with van der Waals surface area (Å²) >= 11 is 0. The summed E-state index contributed by atoms with van der Waals surface area (Å²) in [5.41, 5.74) is 4.86. The molecule has 13 heteroatoms. The molecule has 0 radical (unpaired) electrons. The number of anilines is 1. The highest BCUT2D eigenvalue weighted by molar-refractivity contribution is 7.90. The van der Waals surface area contributed by atoms with Crippen LogP contribution < -0.4 is 14.4 Å². The van der Waals surface area contributed by atoms with Crippen molar-refractivity contribution >= 4 is 44.7 Å². The number of azo groups is 1. The van der Waals surface area contributed by atoms with Gasteiger partial charge in [0.1, 0.15) is 18.1 Å². The van der Waals surface area contributed by atoms with Crippen molar-refractivity contribution in [3.63, 3.8) is 0 Å².